The molecule has 0 bridgehead atoms. The molecule has 0 saturated carbocycles. The maximum Gasteiger partial charge on any atom is 0.135 e. The van der Waals surface area contributed by atoms with Crippen molar-refractivity contribution in [1.29, 1.82) is 0 Å². The van der Waals surface area contributed by atoms with Gasteiger partial charge >= 0.3 is 0 Å². The predicted molar refractivity (Wildman–Crippen MR) is 93.6 cm³/mol. The molecule has 2 unspecified atom stereocenters. The van der Waals surface area contributed by atoms with Crippen molar-refractivity contribution in [3.05, 3.63) is 0 Å². The highest BCUT2D eigenvalue weighted by atomic mass is 16.1. The Morgan fingerprint density at radius 3 is 2.10 bits per heavy atom. The number of hydrogen-bond acceptors (Lipinski definition) is 2. The van der Waals surface area contributed by atoms with Crippen LogP contribution in [0.15, 0.2) is 0 Å². The first-order valence-corrected chi connectivity index (χ1v) is 9.09. The summed E-state index contributed by atoms with van der Waals surface area (Å²) in [4.78, 5) is 11.6. The molecule has 2 atom stereocenters. The van der Waals surface area contributed by atoms with Crippen molar-refractivity contribution in [3.8, 4) is 0 Å². The molecule has 0 aliphatic rings. The molecule has 0 fully saturated rings. The van der Waals surface area contributed by atoms with Crippen LogP contribution in [0.1, 0.15) is 86.5 Å². The van der Waals surface area contributed by atoms with Crippen LogP contribution in [-0.4, -0.2) is 18.4 Å². The minimum Gasteiger partial charge on any atom is -0.314 e. The van der Waals surface area contributed by atoms with E-state index in [1.54, 1.807) is 0 Å². The van der Waals surface area contributed by atoms with Gasteiger partial charge in [0.2, 0.25) is 0 Å². The highest BCUT2D eigenvalue weighted by molar-refractivity contribution is 5.80. The fourth-order valence-corrected chi connectivity index (χ4v) is 2.48. The number of unbranched alkanes of at least 4 members (excludes halogenated alkanes) is 1. The molecule has 2 heteroatoms. The van der Waals surface area contributed by atoms with E-state index in [1.165, 1.54) is 32.1 Å². The lowest BCUT2D eigenvalue weighted by atomic mass is 9.94. The average Bonchev–Trinajstić information content (AvgIpc) is 2.41. The van der Waals surface area contributed by atoms with E-state index in [-0.39, 0.29) is 5.92 Å². The van der Waals surface area contributed by atoms with Crippen LogP contribution in [0.3, 0.4) is 0 Å². The summed E-state index contributed by atoms with van der Waals surface area (Å²) in [6, 6.07) is 0.604. The van der Waals surface area contributed by atoms with E-state index < -0.39 is 0 Å². The number of hydrogen-bond donors (Lipinski definition) is 1. The Morgan fingerprint density at radius 2 is 1.52 bits per heavy atom. The Morgan fingerprint density at radius 1 is 0.857 bits per heavy atom. The lowest BCUT2D eigenvalue weighted by Gasteiger charge is -2.17. The van der Waals surface area contributed by atoms with Crippen LogP contribution in [0.25, 0.3) is 0 Å². The van der Waals surface area contributed by atoms with Crippen LogP contribution in [-0.2, 0) is 4.79 Å². The third-order valence-electron chi connectivity index (χ3n) is 4.32. The van der Waals surface area contributed by atoms with Crippen molar-refractivity contribution in [2.24, 2.45) is 17.8 Å². The Labute approximate surface area is 133 Å². The molecular weight excluding hydrogens is 258 g/mol. The quantitative estimate of drug-likeness (QED) is 0.473. The van der Waals surface area contributed by atoms with E-state index in [0.29, 0.717) is 17.7 Å². The number of nitrogens with one attached hydrogen (secondary N) is 1. The van der Waals surface area contributed by atoms with Gasteiger partial charge in [-0.25, -0.2) is 0 Å². The zero-order chi connectivity index (χ0) is 16.3. The van der Waals surface area contributed by atoms with Crippen molar-refractivity contribution in [1.82, 2.24) is 5.32 Å². The number of ketones is 1. The van der Waals surface area contributed by atoms with E-state index in [2.05, 4.69) is 33.0 Å². The van der Waals surface area contributed by atoms with Crippen molar-refractivity contribution in [2.75, 3.05) is 6.54 Å². The van der Waals surface area contributed by atoms with Gasteiger partial charge < -0.3 is 5.32 Å². The maximum absolute atomic E-state index is 11.6. The summed E-state index contributed by atoms with van der Waals surface area (Å²) in [5.41, 5.74) is 0. The molecule has 0 aromatic carbocycles. The Bertz CT molecular complexity index is 260. The molecule has 0 amide bonds. The SMILES string of the molecule is CC(C)CCCCNC(C)CCC(C)CCC(=O)C(C)C. The first-order chi connectivity index (χ1) is 9.82. The number of rotatable bonds is 13. The van der Waals surface area contributed by atoms with Crippen LogP contribution in [0.4, 0.5) is 0 Å². The van der Waals surface area contributed by atoms with Gasteiger partial charge in [0, 0.05) is 18.4 Å². The fourth-order valence-electron chi connectivity index (χ4n) is 2.48. The van der Waals surface area contributed by atoms with Gasteiger partial charge in [0.1, 0.15) is 5.78 Å². The van der Waals surface area contributed by atoms with Crippen molar-refractivity contribution >= 4 is 5.78 Å². The summed E-state index contributed by atoms with van der Waals surface area (Å²) in [7, 11) is 0. The predicted octanol–water partition coefficient (Wildman–Crippen LogP) is 5.21. The zero-order valence-electron chi connectivity index (χ0n) is 15.4. The summed E-state index contributed by atoms with van der Waals surface area (Å²) < 4.78 is 0. The second-order valence-corrected chi connectivity index (χ2v) is 7.59. The Kier molecular flexibility index (Phi) is 12.0. The Hall–Kier alpha value is -0.370. The van der Waals surface area contributed by atoms with Crippen LogP contribution >= 0.6 is 0 Å². The van der Waals surface area contributed by atoms with E-state index in [9.17, 15) is 4.79 Å². The molecule has 21 heavy (non-hydrogen) atoms. The summed E-state index contributed by atoms with van der Waals surface area (Å²) in [5.74, 6) is 2.11. The molecular formula is C19H39NO. The topological polar surface area (TPSA) is 29.1 Å². The zero-order valence-corrected chi connectivity index (χ0v) is 15.4. The number of Topliss-reactive ketones (excluding diaryl/α,β-unsaturated/α-hetero) is 1. The standard InChI is InChI=1S/C19H39NO/c1-15(2)9-7-8-14-20-18(6)12-10-17(5)11-13-19(21)16(3)4/h15-18,20H,7-14H2,1-6H3. The molecule has 0 aliphatic heterocycles. The molecule has 0 aromatic rings. The summed E-state index contributed by atoms with van der Waals surface area (Å²) in [5, 5.41) is 3.63. The minimum absolute atomic E-state index is 0.198. The molecule has 0 saturated heterocycles. The van der Waals surface area contributed by atoms with E-state index in [0.717, 1.165) is 25.3 Å². The normalized spacial score (nSPS) is 14.7. The van der Waals surface area contributed by atoms with E-state index >= 15 is 0 Å². The molecule has 0 heterocycles. The van der Waals surface area contributed by atoms with Crippen LogP contribution in [0, 0.1) is 17.8 Å². The van der Waals surface area contributed by atoms with E-state index in [4.69, 9.17) is 0 Å². The monoisotopic (exact) mass is 297 g/mol. The lowest BCUT2D eigenvalue weighted by Crippen LogP contribution is -2.27. The van der Waals surface area contributed by atoms with Gasteiger partial charge in [-0.1, -0.05) is 47.5 Å². The second kappa shape index (κ2) is 12.2. The first kappa shape index (κ1) is 20.6. The van der Waals surface area contributed by atoms with Crippen molar-refractivity contribution < 1.29 is 4.79 Å². The minimum atomic E-state index is 0.198. The molecule has 2 nitrogen and oxygen atoms in total. The van der Waals surface area contributed by atoms with Gasteiger partial charge in [0.25, 0.3) is 0 Å². The molecule has 0 rings (SSSR count). The van der Waals surface area contributed by atoms with Crippen LogP contribution in [0.2, 0.25) is 0 Å². The number of carbonyl (C=O) groups excluding carboxylic acids is 1. The van der Waals surface area contributed by atoms with Crippen molar-refractivity contribution in [3.63, 3.8) is 0 Å². The smallest absolute Gasteiger partial charge is 0.135 e. The van der Waals surface area contributed by atoms with Gasteiger partial charge in [-0.3, -0.25) is 4.79 Å². The lowest BCUT2D eigenvalue weighted by molar-refractivity contribution is -0.122. The molecule has 126 valence electrons. The Balaban J connectivity index is 3.54. The highest BCUT2D eigenvalue weighted by Crippen LogP contribution is 2.16. The maximum atomic E-state index is 11.6. The molecule has 0 radical (unpaired) electrons. The van der Waals surface area contributed by atoms with Gasteiger partial charge in [-0.2, -0.15) is 0 Å². The van der Waals surface area contributed by atoms with Gasteiger partial charge in [-0.05, 0) is 51.0 Å². The largest absolute Gasteiger partial charge is 0.314 e. The highest BCUT2D eigenvalue weighted by Gasteiger charge is 2.11. The fraction of sp³-hybridized carbons (Fsp3) is 0.947. The summed E-state index contributed by atoms with van der Waals surface area (Å²) in [6.45, 7) is 14.3. The molecule has 0 aliphatic carbocycles. The van der Waals surface area contributed by atoms with Crippen LogP contribution < -0.4 is 5.32 Å². The second-order valence-electron chi connectivity index (χ2n) is 7.59. The van der Waals surface area contributed by atoms with Crippen LogP contribution in [0.5, 0.6) is 0 Å². The first-order valence-electron chi connectivity index (χ1n) is 9.09. The summed E-state index contributed by atoms with van der Waals surface area (Å²) in [6.07, 6.45) is 8.24. The van der Waals surface area contributed by atoms with Gasteiger partial charge in [0.05, 0.1) is 0 Å². The summed E-state index contributed by atoms with van der Waals surface area (Å²) >= 11 is 0. The average molecular weight is 298 g/mol. The third-order valence-corrected chi connectivity index (χ3v) is 4.32. The molecule has 0 aromatic heterocycles. The van der Waals surface area contributed by atoms with E-state index in [1.807, 2.05) is 13.8 Å². The number of carbonyl (C=O) groups is 1. The third kappa shape index (κ3) is 13.0. The molecule has 1 N–H and O–H groups in total. The van der Waals surface area contributed by atoms with Crippen molar-refractivity contribution in [2.45, 2.75) is 92.5 Å². The van der Waals surface area contributed by atoms with Gasteiger partial charge in [0.15, 0.2) is 0 Å². The molecule has 0 spiro atoms. The van der Waals surface area contributed by atoms with Gasteiger partial charge in [-0.15, -0.1) is 0 Å².